The van der Waals surface area contributed by atoms with Crippen LogP contribution in [0, 0.1) is 4.77 Å². The molecule has 2 nitrogen and oxygen atoms in total. The molecule has 0 aliphatic carbocycles. The Kier molecular flexibility index (Phi) is 4.07. The van der Waals surface area contributed by atoms with Crippen molar-refractivity contribution in [3.8, 4) is 0 Å². The quantitative estimate of drug-likeness (QED) is 0.623. The van der Waals surface area contributed by atoms with Crippen molar-refractivity contribution in [2.75, 3.05) is 0 Å². The van der Waals surface area contributed by atoms with E-state index in [0.717, 1.165) is 4.57 Å². The van der Waals surface area contributed by atoms with Gasteiger partial charge in [0.05, 0.1) is 0 Å². The fourth-order valence-electron chi connectivity index (χ4n) is 1.33. The van der Waals surface area contributed by atoms with Gasteiger partial charge in [0, 0.05) is 6.04 Å². The summed E-state index contributed by atoms with van der Waals surface area (Å²) in [4.78, 5) is 0. The van der Waals surface area contributed by atoms with E-state index in [0.29, 0.717) is 5.03 Å². The van der Waals surface area contributed by atoms with Gasteiger partial charge in [0.15, 0.2) is 4.77 Å². The lowest BCUT2D eigenvalue weighted by molar-refractivity contribution is -0.142. The molecule has 0 saturated heterocycles. The number of halogens is 3. The second-order valence-electron chi connectivity index (χ2n) is 3.59. The molecule has 8 heteroatoms. The SMILES string of the molecule is CC(C)n1c(S)c(S)n(CC(F)(F)F)c1=S. The number of hydrogen-bond acceptors (Lipinski definition) is 3. The number of aromatic nitrogens is 2. The van der Waals surface area contributed by atoms with Crippen LogP contribution in [0.4, 0.5) is 13.2 Å². The Hall–Kier alpha value is -0.0800. The molecular formula is C8H11F3N2S3. The lowest BCUT2D eigenvalue weighted by atomic mass is 10.4. The number of alkyl halides is 3. The van der Waals surface area contributed by atoms with Crippen LogP contribution in [0.25, 0.3) is 0 Å². The molecule has 0 amide bonds. The maximum atomic E-state index is 12.3. The molecule has 0 aliphatic heterocycles. The van der Waals surface area contributed by atoms with Crippen LogP contribution in [0.5, 0.6) is 0 Å². The highest BCUT2D eigenvalue weighted by atomic mass is 32.1. The number of nitrogens with zero attached hydrogens (tertiary/aromatic N) is 2. The van der Waals surface area contributed by atoms with Crippen molar-refractivity contribution in [1.29, 1.82) is 0 Å². The minimum Gasteiger partial charge on any atom is -0.309 e. The second kappa shape index (κ2) is 4.66. The van der Waals surface area contributed by atoms with Crippen molar-refractivity contribution in [2.45, 2.75) is 42.7 Å². The number of imidazole rings is 1. The number of hydrogen-bond donors (Lipinski definition) is 2. The van der Waals surface area contributed by atoms with E-state index in [1.807, 2.05) is 13.8 Å². The molecule has 1 heterocycles. The summed E-state index contributed by atoms with van der Waals surface area (Å²) in [5.74, 6) is 0. The van der Waals surface area contributed by atoms with E-state index >= 15 is 0 Å². The Morgan fingerprint density at radius 3 is 2.06 bits per heavy atom. The van der Waals surface area contributed by atoms with E-state index in [-0.39, 0.29) is 15.8 Å². The molecule has 0 atom stereocenters. The minimum absolute atomic E-state index is 0.0552. The lowest BCUT2D eigenvalue weighted by Crippen LogP contribution is -2.18. The largest absolute Gasteiger partial charge is 0.406 e. The third-order valence-corrected chi connectivity index (χ3v) is 3.45. The van der Waals surface area contributed by atoms with Gasteiger partial charge in [0.2, 0.25) is 0 Å². The van der Waals surface area contributed by atoms with Gasteiger partial charge >= 0.3 is 6.18 Å². The highest BCUT2D eigenvalue weighted by molar-refractivity contribution is 7.83. The molecule has 0 spiro atoms. The fraction of sp³-hybridized carbons (Fsp3) is 0.625. The molecule has 16 heavy (non-hydrogen) atoms. The smallest absolute Gasteiger partial charge is 0.309 e. The maximum Gasteiger partial charge on any atom is 0.406 e. The molecule has 0 aliphatic rings. The third kappa shape index (κ3) is 2.78. The van der Waals surface area contributed by atoms with Crippen molar-refractivity contribution in [3.05, 3.63) is 4.77 Å². The first kappa shape index (κ1) is 14.0. The third-order valence-electron chi connectivity index (χ3n) is 1.97. The summed E-state index contributed by atoms with van der Waals surface area (Å²) in [6, 6.07) is -0.0552. The summed E-state index contributed by atoms with van der Waals surface area (Å²) in [7, 11) is 0. The molecule has 0 fully saturated rings. The molecule has 0 bridgehead atoms. The zero-order chi connectivity index (χ0) is 12.7. The predicted molar refractivity (Wildman–Crippen MR) is 64.2 cm³/mol. The first-order valence-electron chi connectivity index (χ1n) is 4.45. The Bertz CT molecular complexity index is 445. The fourth-order valence-corrected chi connectivity index (χ4v) is 2.64. The van der Waals surface area contributed by atoms with Gasteiger partial charge in [-0.05, 0) is 26.1 Å². The Morgan fingerprint density at radius 1 is 1.25 bits per heavy atom. The summed E-state index contributed by atoms with van der Waals surface area (Å²) in [6.45, 7) is 2.50. The molecule has 0 saturated carbocycles. The van der Waals surface area contributed by atoms with E-state index in [4.69, 9.17) is 12.2 Å². The van der Waals surface area contributed by atoms with Crippen LogP contribution >= 0.6 is 37.5 Å². The molecular weight excluding hydrogens is 277 g/mol. The van der Waals surface area contributed by atoms with Gasteiger partial charge in [-0.25, -0.2) is 0 Å². The Morgan fingerprint density at radius 2 is 1.75 bits per heavy atom. The van der Waals surface area contributed by atoms with Gasteiger partial charge in [-0.2, -0.15) is 13.2 Å². The molecule has 0 N–H and O–H groups in total. The second-order valence-corrected chi connectivity index (χ2v) is 4.81. The minimum atomic E-state index is -4.32. The van der Waals surface area contributed by atoms with Crippen LogP contribution in [0.1, 0.15) is 19.9 Å². The van der Waals surface area contributed by atoms with Crippen LogP contribution in [0.15, 0.2) is 10.1 Å². The van der Waals surface area contributed by atoms with E-state index in [9.17, 15) is 13.2 Å². The van der Waals surface area contributed by atoms with Crippen LogP contribution < -0.4 is 0 Å². The highest BCUT2D eigenvalue weighted by Crippen LogP contribution is 2.28. The molecule has 0 aromatic carbocycles. The van der Waals surface area contributed by atoms with Gasteiger partial charge in [-0.1, -0.05) is 0 Å². The summed E-state index contributed by atoms with van der Waals surface area (Å²) >= 11 is 13.1. The molecule has 1 rings (SSSR count). The molecule has 1 aromatic rings. The van der Waals surface area contributed by atoms with Crippen molar-refractivity contribution >= 4 is 37.5 Å². The van der Waals surface area contributed by atoms with Crippen molar-refractivity contribution in [1.82, 2.24) is 9.13 Å². The first-order chi connectivity index (χ1) is 7.15. The number of thiol groups is 2. The number of rotatable bonds is 2. The van der Waals surface area contributed by atoms with Crippen LogP contribution in [0.3, 0.4) is 0 Å². The molecule has 1 aromatic heterocycles. The van der Waals surface area contributed by atoms with Gasteiger partial charge in [-0.15, -0.1) is 25.3 Å². The van der Waals surface area contributed by atoms with E-state index in [1.165, 1.54) is 4.57 Å². The summed E-state index contributed by atoms with van der Waals surface area (Å²) < 4.78 is 39.5. The summed E-state index contributed by atoms with van der Waals surface area (Å²) in [5.41, 5.74) is 0. The van der Waals surface area contributed by atoms with E-state index in [1.54, 1.807) is 0 Å². The zero-order valence-corrected chi connectivity index (χ0v) is 11.2. The van der Waals surface area contributed by atoms with Gasteiger partial charge < -0.3 is 9.13 Å². The monoisotopic (exact) mass is 288 g/mol. The summed E-state index contributed by atoms with van der Waals surface area (Å²) in [5, 5.41) is 0.493. The van der Waals surface area contributed by atoms with E-state index in [2.05, 4.69) is 25.3 Å². The van der Waals surface area contributed by atoms with Gasteiger partial charge in [0.25, 0.3) is 0 Å². The zero-order valence-electron chi connectivity index (χ0n) is 8.62. The van der Waals surface area contributed by atoms with Gasteiger partial charge in [0.1, 0.15) is 16.6 Å². The predicted octanol–water partition coefficient (Wildman–Crippen LogP) is 3.74. The summed E-state index contributed by atoms with van der Waals surface area (Å²) in [6.07, 6.45) is -4.32. The van der Waals surface area contributed by atoms with Crippen molar-refractivity contribution in [3.63, 3.8) is 0 Å². The highest BCUT2D eigenvalue weighted by Gasteiger charge is 2.30. The van der Waals surface area contributed by atoms with Crippen LogP contribution in [-0.4, -0.2) is 15.3 Å². The molecule has 0 unspecified atom stereocenters. The standard InChI is InChI=1S/C8H11F3N2S3/c1-4(2)13-6(15)5(14)12(7(13)16)3-8(9,10)11/h4,14-15H,3H2,1-2H3. The van der Waals surface area contributed by atoms with Crippen molar-refractivity contribution < 1.29 is 13.2 Å². The average molecular weight is 288 g/mol. The van der Waals surface area contributed by atoms with Gasteiger partial charge in [-0.3, -0.25) is 0 Å². The first-order valence-corrected chi connectivity index (χ1v) is 5.75. The average Bonchev–Trinajstić information content (AvgIpc) is 2.27. The topological polar surface area (TPSA) is 9.86 Å². The van der Waals surface area contributed by atoms with Crippen LogP contribution in [0.2, 0.25) is 0 Å². The van der Waals surface area contributed by atoms with E-state index < -0.39 is 12.7 Å². The Balaban J connectivity index is 3.32. The maximum absolute atomic E-state index is 12.3. The molecule has 0 radical (unpaired) electrons. The van der Waals surface area contributed by atoms with Crippen LogP contribution in [-0.2, 0) is 6.54 Å². The molecule has 92 valence electrons. The Labute approximate surface area is 107 Å². The normalized spacial score (nSPS) is 12.5. The lowest BCUT2D eigenvalue weighted by Gasteiger charge is -2.09. The van der Waals surface area contributed by atoms with Crippen molar-refractivity contribution in [2.24, 2.45) is 0 Å².